The number of piperazine rings is 1. The Bertz CT molecular complexity index is 561. The number of hydrogen-bond acceptors (Lipinski definition) is 5. The SMILES string of the molecule is Nc1ccc(N2CCN(S(=O)(=O)CC3CC3)CC2)cn1. The molecule has 1 saturated heterocycles. The van der Waals surface area contributed by atoms with Gasteiger partial charge in [0, 0.05) is 26.2 Å². The molecule has 1 aromatic heterocycles. The molecule has 0 unspecified atom stereocenters. The molecule has 0 spiro atoms. The fourth-order valence-electron chi connectivity index (χ4n) is 2.50. The van der Waals surface area contributed by atoms with E-state index in [0.29, 0.717) is 43.7 Å². The lowest BCUT2D eigenvalue weighted by molar-refractivity contribution is 0.384. The molecule has 7 heteroatoms. The zero-order chi connectivity index (χ0) is 14.2. The number of nitrogens with two attached hydrogens (primary N) is 1. The molecule has 2 N–H and O–H groups in total. The second-order valence-corrected chi connectivity index (χ2v) is 7.56. The van der Waals surface area contributed by atoms with Crippen LogP contribution in [0.1, 0.15) is 12.8 Å². The Morgan fingerprint density at radius 1 is 1.20 bits per heavy atom. The van der Waals surface area contributed by atoms with E-state index in [1.165, 1.54) is 0 Å². The molecule has 2 aliphatic rings. The van der Waals surface area contributed by atoms with Crippen LogP contribution in [0.15, 0.2) is 18.3 Å². The van der Waals surface area contributed by atoms with Gasteiger partial charge in [-0.25, -0.2) is 13.4 Å². The largest absolute Gasteiger partial charge is 0.384 e. The Morgan fingerprint density at radius 2 is 1.90 bits per heavy atom. The zero-order valence-corrected chi connectivity index (χ0v) is 12.2. The molecule has 0 atom stereocenters. The van der Waals surface area contributed by atoms with Gasteiger partial charge < -0.3 is 10.6 Å². The second kappa shape index (κ2) is 5.21. The Hall–Kier alpha value is -1.34. The van der Waals surface area contributed by atoms with Crippen molar-refractivity contribution in [2.45, 2.75) is 12.8 Å². The highest BCUT2D eigenvalue weighted by Crippen LogP contribution is 2.31. The maximum atomic E-state index is 12.2. The highest BCUT2D eigenvalue weighted by molar-refractivity contribution is 7.89. The van der Waals surface area contributed by atoms with Crippen LogP contribution in [0.5, 0.6) is 0 Å². The molecular weight excluding hydrogens is 276 g/mol. The number of hydrogen-bond donors (Lipinski definition) is 1. The molecule has 0 bridgehead atoms. The highest BCUT2D eigenvalue weighted by Gasteiger charge is 2.33. The van der Waals surface area contributed by atoms with Crippen molar-refractivity contribution < 1.29 is 8.42 Å². The molecule has 0 radical (unpaired) electrons. The minimum absolute atomic E-state index is 0.330. The van der Waals surface area contributed by atoms with Gasteiger partial charge in [0.2, 0.25) is 10.0 Å². The monoisotopic (exact) mass is 296 g/mol. The van der Waals surface area contributed by atoms with Gasteiger partial charge in [-0.05, 0) is 30.9 Å². The van der Waals surface area contributed by atoms with Gasteiger partial charge in [0.1, 0.15) is 5.82 Å². The van der Waals surface area contributed by atoms with Crippen molar-refractivity contribution in [1.82, 2.24) is 9.29 Å². The second-order valence-electron chi connectivity index (χ2n) is 5.55. The number of rotatable bonds is 4. The van der Waals surface area contributed by atoms with Crippen molar-refractivity contribution >= 4 is 21.5 Å². The zero-order valence-electron chi connectivity index (χ0n) is 11.4. The van der Waals surface area contributed by atoms with E-state index in [0.717, 1.165) is 18.5 Å². The lowest BCUT2D eigenvalue weighted by Gasteiger charge is -2.35. The third-order valence-electron chi connectivity index (χ3n) is 3.91. The summed E-state index contributed by atoms with van der Waals surface area (Å²) in [4.78, 5) is 6.22. The molecule has 110 valence electrons. The van der Waals surface area contributed by atoms with Crippen LogP contribution in [0.25, 0.3) is 0 Å². The number of nitrogen functional groups attached to an aromatic ring is 1. The predicted octanol–water partition coefficient (Wildman–Crippen LogP) is 0.526. The van der Waals surface area contributed by atoms with Gasteiger partial charge >= 0.3 is 0 Å². The van der Waals surface area contributed by atoms with Crippen LogP contribution in [0.2, 0.25) is 0 Å². The molecule has 6 nitrogen and oxygen atoms in total. The van der Waals surface area contributed by atoms with E-state index in [1.54, 1.807) is 16.6 Å². The van der Waals surface area contributed by atoms with Gasteiger partial charge in [-0.1, -0.05) is 0 Å². The average molecular weight is 296 g/mol. The Balaban J connectivity index is 1.60. The minimum Gasteiger partial charge on any atom is -0.384 e. The van der Waals surface area contributed by atoms with E-state index in [9.17, 15) is 8.42 Å². The van der Waals surface area contributed by atoms with Crippen LogP contribution in [-0.2, 0) is 10.0 Å². The number of sulfonamides is 1. The Morgan fingerprint density at radius 3 is 2.45 bits per heavy atom. The van der Waals surface area contributed by atoms with E-state index >= 15 is 0 Å². The molecule has 2 heterocycles. The molecule has 1 saturated carbocycles. The number of aromatic nitrogens is 1. The third kappa shape index (κ3) is 3.04. The fourth-order valence-corrected chi connectivity index (χ4v) is 4.36. The van der Waals surface area contributed by atoms with Crippen molar-refractivity contribution in [2.75, 3.05) is 42.6 Å². The summed E-state index contributed by atoms with van der Waals surface area (Å²) < 4.78 is 26.0. The summed E-state index contributed by atoms with van der Waals surface area (Å²) in [6.07, 6.45) is 3.87. The van der Waals surface area contributed by atoms with E-state index in [1.807, 2.05) is 6.07 Å². The molecule has 2 fully saturated rings. The normalized spacial score (nSPS) is 21.1. The summed E-state index contributed by atoms with van der Waals surface area (Å²) in [7, 11) is -3.06. The van der Waals surface area contributed by atoms with Crippen LogP contribution in [0.3, 0.4) is 0 Å². The Labute approximate surface area is 119 Å². The van der Waals surface area contributed by atoms with Crippen LogP contribution >= 0.6 is 0 Å². The Kier molecular flexibility index (Phi) is 3.55. The third-order valence-corrected chi connectivity index (χ3v) is 5.96. The average Bonchev–Trinajstić information content (AvgIpc) is 3.23. The summed E-state index contributed by atoms with van der Waals surface area (Å²) in [5.41, 5.74) is 6.57. The van der Waals surface area contributed by atoms with E-state index < -0.39 is 10.0 Å². The van der Waals surface area contributed by atoms with Crippen molar-refractivity contribution in [3.8, 4) is 0 Å². The van der Waals surface area contributed by atoms with Gasteiger partial charge in [-0.15, -0.1) is 0 Å². The van der Waals surface area contributed by atoms with Crippen molar-refractivity contribution in [2.24, 2.45) is 5.92 Å². The van der Waals surface area contributed by atoms with E-state index in [-0.39, 0.29) is 0 Å². The smallest absolute Gasteiger partial charge is 0.214 e. The number of nitrogens with zero attached hydrogens (tertiary/aromatic N) is 3. The molecular formula is C13H20N4O2S. The summed E-state index contributed by atoms with van der Waals surface area (Å²) in [6.45, 7) is 2.52. The molecule has 3 rings (SSSR count). The van der Waals surface area contributed by atoms with Gasteiger partial charge in [0.15, 0.2) is 0 Å². The maximum Gasteiger partial charge on any atom is 0.214 e. The first-order valence-corrected chi connectivity index (χ1v) is 8.60. The molecule has 1 aromatic rings. The predicted molar refractivity (Wildman–Crippen MR) is 78.9 cm³/mol. The van der Waals surface area contributed by atoms with Gasteiger partial charge in [-0.3, -0.25) is 0 Å². The van der Waals surface area contributed by atoms with Crippen LogP contribution in [0, 0.1) is 5.92 Å². The summed E-state index contributed by atoms with van der Waals surface area (Å²) in [5, 5.41) is 0. The van der Waals surface area contributed by atoms with Crippen molar-refractivity contribution in [3.63, 3.8) is 0 Å². The number of pyridine rings is 1. The first-order chi connectivity index (χ1) is 9.54. The minimum atomic E-state index is -3.06. The van der Waals surface area contributed by atoms with Crippen molar-refractivity contribution in [3.05, 3.63) is 18.3 Å². The fraction of sp³-hybridized carbons (Fsp3) is 0.615. The lowest BCUT2D eigenvalue weighted by Crippen LogP contribution is -2.49. The lowest BCUT2D eigenvalue weighted by atomic mass is 10.3. The molecule has 0 amide bonds. The van der Waals surface area contributed by atoms with E-state index in [2.05, 4.69) is 9.88 Å². The van der Waals surface area contributed by atoms with Crippen molar-refractivity contribution in [1.29, 1.82) is 0 Å². The first kappa shape index (κ1) is 13.6. The van der Waals surface area contributed by atoms with Gasteiger partial charge in [0.05, 0.1) is 17.6 Å². The molecule has 1 aliphatic heterocycles. The standard InChI is InChI=1S/C13H20N4O2S/c14-13-4-3-12(9-15-13)16-5-7-17(8-6-16)20(18,19)10-11-1-2-11/h3-4,9,11H,1-2,5-8,10H2,(H2,14,15). The van der Waals surface area contributed by atoms with Crippen LogP contribution < -0.4 is 10.6 Å². The van der Waals surface area contributed by atoms with Gasteiger partial charge in [-0.2, -0.15) is 4.31 Å². The quantitative estimate of drug-likeness (QED) is 0.876. The summed E-state index contributed by atoms with van der Waals surface area (Å²) >= 11 is 0. The number of anilines is 2. The van der Waals surface area contributed by atoms with Crippen LogP contribution in [0.4, 0.5) is 11.5 Å². The summed E-state index contributed by atoms with van der Waals surface area (Å²) in [6, 6.07) is 3.70. The van der Waals surface area contributed by atoms with E-state index in [4.69, 9.17) is 5.73 Å². The molecule has 20 heavy (non-hydrogen) atoms. The van der Waals surface area contributed by atoms with Gasteiger partial charge in [0.25, 0.3) is 0 Å². The topological polar surface area (TPSA) is 79.5 Å². The maximum absolute atomic E-state index is 12.2. The summed E-state index contributed by atoms with van der Waals surface area (Å²) in [5.74, 6) is 1.23. The molecule has 0 aromatic carbocycles. The molecule has 1 aliphatic carbocycles. The highest BCUT2D eigenvalue weighted by atomic mass is 32.2. The first-order valence-electron chi connectivity index (χ1n) is 6.99. The van der Waals surface area contributed by atoms with Crippen LogP contribution in [-0.4, -0.2) is 49.6 Å².